The summed E-state index contributed by atoms with van der Waals surface area (Å²) in [6.07, 6.45) is 10.7. The molecule has 8 aromatic carbocycles. The number of unbranched alkanes of at least 4 members (excludes halogenated alkanes) is 1. The summed E-state index contributed by atoms with van der Waals surface area (Å²) >= 11 is 9.05. The molecule has 8 N–H and O–H groups in total. The second-order valence-corrected chi connectivity index (χ2v) is 31.1. The van der Waals surface area contributed by atoms with Gasteiger partial charge in [0.15, 0.2) is 17.1 Å². The smallest absolute Gasteiger partial charge is 0.477 e. The van der Waals surface area contributed by atoms with Gasteiger partial charge in [0.2, 0.25) is 0 Å². The number of anilines is 3. The fourth-order valence-corrected chi connectivity index (χ4v) is 13.1. The average Bonchev–Trinajstić information content (AvgIpc) is 1.66. The number of rotatable bonds is 23. The van der Waals surface area contributed by atoms with Gasteiger partial charge in [-0.1, -0.05) is 146 Å². The van der Waals surface area contributed by atoms with Crippen LogP contribution < -0.4 is 35.2 Å². The first-order valence-corrected chi connectivity index (χ1v) is 43.3. The van der Waals surface area contributed by atoms with E-state index >= 15 is 0 Å². The molecule has 1 aliphatic carbocycles. The van der Waals surface area contributed by atoms with Crippen LogP contribution in [0.4, 0.5) is 39.8 Å². The number of halogens is 2. The fraction of sp³-hybridized carbons (Fsp3) is 0.136. The number of benzene rings is 8. The standard InChI is InChI=1S/C28H25N5O2.C24H19N5O2.C12H10N2O3.C12H12N2O.C11H9ClN2O2.C7H5NO3.C5H4BrN.C4H9.Li/c1-19-15-26(33(32-19)24-10-6-8-22(17-24)29-2)28(34)31-23-9-5-7-21(16-23)27(35-18-20-12-13-20)25-11-3-4-14-30-25;1-16-13-22(29(28-16)20-10-6-8-18(15-20)25-2)24(31)27-19-9-5-7-17(14-19)23(30)21-11-3-4-12-26-21;15-12(11-6-1-2-7-13-11)9-4-3-5-10(8-9)14(16)17;13-10-5-3-4-9(8-10)12(15)11-6-1-2-7-14-11;1-7-5-10(11(15)16)14(13-7)9-4-2-3-8(12)6-9;9-5-6-2-1-3-7(4-6)8(10)11;6-5-3-1-2-4-7-5;1-3-4-2;/h3-11,14-17,20,27H,12-13,18H2,1H3,(H,31,34);3-15,23,30H,1H3,(H,27,31);1-8,12,15H;1-8,12,15H,13H2;2-6H,1H3,(H,15,16);1-5H;1-4H;1,3-4H2,2H3;/q;;;;;;;-1;+1. The van der Waals surface area contributed by atoms with Gasteiger partial charge in [0.25, 0.3) is 23.2 Å². The first-order chi connectivity index (χ1) is 65.7. The number of nitrogens with zero attached hydrogens (tertiary/aromatic N) is 15. The number of non-ortho nitro benzene ring substituents is 2. The number of aldehydes is 1. The first-order valence-electron chi connectivity index (χ1n) is 42.2. The van der Waals surface area contributed by atoms with E-state index in [1.54, 1.807) is 213 Å². The van der Waals surface area contributed by atoms with Gasteiger partial charge in [0, 0.05) is 82.9 Å². The molecular weight excluding hydrogens is 1820 g/mol. The predicted molar refractivity (Wildman–Crippen MR) is 522 cm³/mol. The maximum absolute atomic E-state index is 13.3. The largest absolute Gasteiger partial charge is 1.00 e. The fourth-order valence-electron chi connectivity index (χ4n) is 12.6. The van der Waals surface area contributed by atoms with Crippen LogP contribution in [0.15, 0.2) is 339 Å². The summed E-state index contributed by atoms with van der Waals surface area (Å²) in [5.74, 6) is -1.03. The number of nitro groups is 2. The average molecular weight is 1910 g/mol. The van der Waals surface area contributed by atoms with Gasteiger partial charge < -0.3 is 48.5 Å². The Balaban J connectivity index is 0.000000187. The first kappa shape index (κ1) is 105. The van der Waals surface area contributed by atoms with E-state index in [1.165, 1.54) is 71.1 Å². The van der Waals surface area contributed by atoms with Crippen molar-refractivity contribution < 1.29 is 73.0 Å². The number of aliphatic hydroxyl groups is 3. The summed E-state index contributed by atoms with van der Waals surface area (Å²) in [5, 5.41) is 79.8. The molecule has 4 unspecified atom stereocenters. The summed E-state index contributed by atoms with van der Waals surface area (Å²) in [6, 6.07) is 86.6. The molecule has 1 saturated carbocycles. The Labute approximate surface area is 815 Å². The number of aliphatic hydroxyl groups excluding tert-OH is 3. The number of nitro benzene ring substituents is 2. The maximum atomic E-state index is 13.3. The van der Waals surface area contributed by atoms with Crippen LogP contribution in [0.25, 0.3) is 26.8 Å². The number of hydrogen-bond donors (Lipinski definition) is 7. The summed E-state index contributed by atoms with van der Waals surface area (Å²) in [5.41, 5.74) is 18.7. The second kappa shape index (κ2) is 53.6. The number of ether oxygens (including phenoxy) is 1. The molecule has 17 rings (SSSR count). The number of carboxylic acid groups (broad SMARTS) is 1. The molecular formula is C103H93BrClLiN18O13. The van der Waals surface area contributed by atoms with E-state index in [1.807, 2.05) is 104 Å². The van der Waals surface area contributed by atoms with Gasteiger partial charge in [-0.3, -0.25) is 54.5 Å². The normalized spacial score (nSPS) is 11.6. The number of nitrogens with two attached hydrogens (primary N) is 1. The summed E-state index contributed by atoms with van der Waals surface area (Å²) in [4.78, 5) is 94.8. The SMILES string of the molecule is Brc1ccccn1.Cc1cc(C(=O)O)n(-c2cccc(Cl)c2)n1.Nc1cccc(C(O)c2ccccn2)c1.O=Cc1cccc([N+](=O)[O-])c1.O=[N+]([O-])c1cccc(C(O)c2ccccn2)c1.[C-]#[N+]c1cccc(-n2nc(C)cc2C(=O)Nc2cccc(C(O)c3ccccn3)c2)c1.[C-]#[N+]c1cccc(-n2nc(C)cc2C(=O)Nc2cccc(C(OCC3CC3)c3ccccn3)c2)c1.[CH2-]CCC.[Li+]. The van der Waals surface area contributed by atoms with Crippen LogP contribution >= 0.6 is 27.5 Å². The Morgan fingerprint density at radius 1 is 0.511 bits per heavy atom. The zero-order valence-electron chi connectivity index (χ0n) is 75.0. The number of nitrogens with one attached hydrogen (secondary N) is 2. The van der Waals surface area contributed by atoms with E-state index in [4.69, 9.17) is 40.3 Å². The molecule has 1 aliphatic rings. The van der Waals surface area contributed by atoms with E-state index in [0.717, 1.165) is 27.8 Å². The molecule has 0 bridgehead atoms. The van der Waals surface area contributed by atoms with Gasteiger partial charge >= 0.3 is 24.8 Å². The number of pyridine rings is 5. The van der Waals surface area contributed by atoms with E-state index in [0.29, 0.717) is 132 Å². The molecule has 8 aromatic heterocycles. The topological polar surface area (TPSA) is 421 Å². The van der Waals surface area contributed by atoms with Gasteiger partial charge in [-0.25, -0.2) is 33.5 Å². The number of carbonyl (C=O) groups is 4. The molecule has 2 amide bonds. The molecule has 137 heavy (non-hydrogen) atoms. The number of hydrogen-bond acceptors (Lipinski definition) is 21. The third kappa shape index (κ3) is 32.4. The summed E-state index contributed by atoms with van der Waals surface area (Å²) < 4.78 is 11.6. The van der Waals surface area contributed by atoms with Crippen molar-refractivity contribution in [2.75, 3.05) is 23.0 Å². The number of carbonyl (C=O) groups excluding carboxylic acids is 3. The molecule has 0 radical (unpaired) electrons. The van der Waals surface area contributed by atoms with E-state index in [9.17, 15) is 54.7 Å². The molecule has 16 aromatic rings. The third-order valence-corrected chi connectivity index (χ3v) is 20.1. The number of aromatic nitrogens is 11. The number of aryl methyl sites for hydroxylation is 3. The monoisotopic (exact) mass is 1910 g/mol. The van der Waals surface area contributed by atoms with Crippen LogP contribution in [0, 0.1) is 67.0 Å². The van der Waals surface area contributed by atoms with Gasteiger partial charge in [-0.2, -0.15) is 21.7 Å². The predicted octanol–water partition coefficient (Wildman–Crippen LogP) is 18.6. The maximum Gasteiger partial charge on any atom is 1.00 e. The third-order valence-electron chi connectivity index (χ3n) is 19.4. The minimum absolute atomic E-state index is 0. The molecule has 8 heterocycles. The van der Waals surface area contributed by atoms with E-state index < -0.39 is 34.1 Å². The number of amides is 2. The minimum atomic E-state index is -1.01. The zero-order chi connectivity index (χ0) is 97.4. The van der Waals surface area contributed by atoms with Crippen molar-refractivity contribution in [1.82, 2.24) is 54.3 Å². The van der Waals surface area contributed by atoms with Crippen LogP contribution in [0.5, 0.6) is 0 Å². The molecule has 0 saturated heterocycles. The Morgan fingerprint density at radius 2 is 0.898 bits per heavy atom. The van der Waals surface area contributed by atoms with Crippen molar-refractivity contribution >= 4 is 91.4 Å². The van der Waals surface area contributed by atoms with E-state index in [-0.39, 0.29) is 53.8 Å². The molecule has 1 fully saturated rings. The second-order valence-electron chi connectivity index (χ2n) is 29.8. The molecule has 4 atom stereocenters. The molecule has 0 spiro atoms. The molecule has 0 aliphatic heterocycles. The quantitative estimate of drug-likeness (QED) is 0.00595. The minimum Gasteiger partial charge on any atom is -0.477 e. The van der Waals surface area contributed by atoms with Gasteiger partial charge in [0.1, 0.15) is 46.7 Å². The van der Waals surface area contributed by atoms with Crippen LogP contribution in [0.3, 0.4) is 0 Å². The molecule has 688 valence electrons. The Bertz CT molecular complexity index is 6750. The van der Waals surface area contributed by atoms with Crippen LogP contribution in [-0.4, -0.2) is 115 Å². The van der Waals surface area contributed by atoms with Crippen LogP contribution in [0.2, 0.25) is 5.02 Å². The van der Waals surface area contributed by atoms with Crippen LogP contribution in [-0.2, 0) is 4.74 Å². The number of aromatic carboxylic acids is 1. The van der Waals surface area contributed by atoms with Gasteiger partial charge in [0.05, 0.1) is 86.5 Å². The molecule has 34 heteroatoms. The van der Waals surface area contributed by atoms with Crippen molar-refractivity contribution in [1.29, 1.82) is 0 Å². The Kier molecular flexibility index (Phi) is 41.0. The van der Waals surface area contributed by atoms with Gasteiger partial charge in [-0.15, -0.1) is 0 Å². The van der Waals surface area contributed by atoms with Crippen molar-refractivity contribution in [3.8, 4) is 17.1 Å². The van der Waals surface area contributed by atoms with Crippen molar-refractivity contribution in [2.24, 2.45) is 5.92 Å². The van der Waals surface area contributed by atoms with Crippen LogP contribution in [0.1, 0.15) is 161 Å². The van der Waals surface area contributed by atoms with Crippen molar-refractivity contribution in [2.45, 2.75) is 77.8 Å². The van der Waals surface area contributed by atoms with Crippen molar-refractivity contribution in [3.63, 3.8) is 0 Å². The zero-order valence-corrected chi connectivity index (χ0v) is 77.3. The molecule has 31 nitrogen and oxygen atoms in total. The van der Waals surface area contributed by atoms with Crippen molar-refractivity contribution in [3.05, 3.63) is 479 Å². The Morgan fingerprint density at radius 3 is 1.30 bits per heavy atom. The van der Waals surface area contributed by atoms with E-state index in [2.05, 4.69) is 90.3 Å². The van der Waals surface area contributed by atoms with Gasteiger partial charge in [-0.05, 0) is 235 Å². The summed E-state index contributed by atoms with van der Waals surface area (Å²) in [6.45, 7) is 26.3. The number of nitrogen functional groups attached to an aromatic ring is 1. The summed E-state index contributed by atoms with van der Waals surface area (Å²) in [7, 11) is 0. The Hall–Kier alpha value is -16.0. The number of carboxylic acids is 1.